The lowest BCUT2D eigenvalue weighted by molar-refractivity contribution is -0.138. The second-order valence-corrected chi connectivity index (χ2v) is 3.43. The molecule has 0 aromatic carbocycles. The van der Waals surface area contributed by atoms with Crippen molar-refractivity contribution in [3.63, 3.8) is 0 Å². The van der Waals surface area contributed by atoms with Crippen LogP contribution in [0.3, 0.4) is 0 Å². The number of nitrogens with one attached hydrogen (secondary N) is 1. The molecule has 0 heterocycles. The maximum Gasteiger partial charge on any atom is 0.242 e. The number of hydrogen-bond donors (Lipinski definition) is 1. The second kappa shape index (κ2) is 4.84. The van der Waals surface area contributed by atoms with Crippen LogP contribution >= 0.6 is 0 Å². The van der Waals surface area contributed by atoms with Crippen LogP contribution in [0.4, 0.5) is 0 Å². The molecule has 0 aliphatic rings. The van der Waals surface area contributed by atoms with E-state index in [1.807, 2.05) is 13.8 Å². The first-order chi connectivity index (χ1) is 5.91. The van der Waals surface area contributed by atoms with E-state index in [9.17, 15) is 9.59 Å². The van der Waals surface area contributed by atoms with Crippen LogP contribution in [-0.2, 0) is 9.59 Å². The molecule has 0 unspecified atom stereocenters. The molecule has 0 aromatic rings. The van der Waals surface area contributed by atoms with Gasteiger partial charge in [-0.15, -0.1) is 0 Å². The van der Waals surface area contributed by atoms with E-state index in [-0.39, 0.29) is 23.8 Å². The van der Waals surface area contributed by atoms with Gasteiger partial charge in [-0.05, 0) is 5.92 Å². The molecule has 13 heavy (non-hydrogen) atoms. The van der Waals surface area contributed by atoms with Gasteiger partial charge in [0.1, 0.15) is 6.04 Å². The quantitative estimate of drug-likeness (QED) is 0.686. The molecule has 1 atom stereocenters. The zero-order valence-corrected chi connectivity index (χ0v) is 8.92. The van der Waals surface area contributed by atoms with Gasteiger partial charge in [0.2, 0.25) is 11.8 Å². The third-order valence-electron chi connectivity index (χ3n) is 2.06. The molecule has 76 valence electrons. The van der Waals surface area contributed by atoms with Crippen molar-refractivity contribution in [1.29, 1.82) is 0 Å². The fourth-order valence-corrected chi connectivity index (χ4v) is 1.27. The first kappa shape index (κ1) is 11.9. The summed E-state index contributed by atoms with van der Waals surface area (Å²) in [6.45, 7) is 5.29. The Bertz CT molecular complexity index is 202. The van der Waals surface area contributed by atoms with Gasteiger partial charge in [0.05, 0.1) is 0 Å². The van der Waals surface area contributed by atoms with Crippen LogP contribution in [0.1, 0.15) is 20.8 Å². The lowest BCUT2D eigenvalue weighted by atomic mass is 10.0. The first-order valence-electron chi connectivity index (χ1n) is 4.36. The van der Waals surface area contributed by atoms with Crippen LogP contribution in [0.15, 0.2) is 0 Å². The molecule has 4 heteroatoms. The zero-order chi connectivity index (χ0) is 10.6. The smallest absolute Gasteiger partial charge is 0.242 e. The highest BCUT2D eigenvalue weighted by molar-refractivity contribution is 5.86. The van der Waals surface area contributed by atoms with E-state index < -0.39 is 0 Å². The Morgan fingerprint density at radius 1 is 1.31 bits per heavy atom. The normalized spacial score (nSPS) is 12.5. The maximum atomic E-state index is 11.4. The van der Waals surface area contributed by atoms with E-state index in [4.69, 9.17) is 0 Å². The Balaban J connectivity index is 4.60. The Morgan fingerprint density at radius 2 is 1.77 bits per heavy atom. The average Bonchev–Trinajstić information content (AvgIpc) is 2.03. The first-order valence-corrected chi connectivity index (χ1v) is 4.36. The van der Waals surface area contributed by atoms with E-state index in [1.165, 1.54) is 11.8 Å². The molecule has 0 bridgehead atoms. The third-order valence-corrected chi connectivity index (χ3v) is 2.06. The lowest BCUT2D eigenvalue weighted by Crippen LogP contribution is -2.49. The molecule has 0 fully saturated rings. The molecule has 2 amide bonds. The molecule has 0 aliphatic carbocycles. The summed E-state index contributed by atoms with van der Waals surface area (Å²) in [6.07, 6.45) is 0. The van der Waals surface area contributed by atoms with Crippen molar-refractivity contribution in [2.45, 2.75) is 26.8 Å². The van der Waals surface area contributed by atoms with Crippen molar-refractivity contribution in [3.05, 3.63) is 0 Å². The van der Waals surface area contributed by atoms with Crippen molar-refractivity contribution in [1.82, 2.24) is 10.2 Å². The number of hydrogen-bond acceptors (Lipinski definition) is 2. The van der Waals surface area contributed by atoms with E-state index in [1.54, 1.807) is 14.1 Å². The second-order valence-electron chi connectivity index (χ2n) is 3.43. The van der Waals surface area contributed by atoms with Gasteiger partial charge in [0, 0.05) is 21.0 Å². The van der Waals surface area contributed by atoms with E-state index in [0.29, 0.717) is 0 Å². The number of nitrogens with zero attached hydrogens (tertiary/aromatic N) is 1. The molecule has 1 N–H and O–H groups in total. The van der Waals surface area contributed by atoms with Crippen LogP contribution in [0.2, 0.25) is 0 Å². The van der Waals surface area contributed by atoms with Gasteiger partial charge in [0.15, 0.2) is 0 Å². The Hall–Kier alpha value is -1.06. The van der Waals surface area contributed by atoms with Gasteiger partial charge in [-0.25, -0.2) is 0 Å². The minimum atomic E-state index is -0.373. The topological polar surface area (TPSA) is 49.4 Å². The molecular formula is C9H18N2O2. The third kappa shape index (κ3) is 3.05. The fourth-order valence-electron chi connectivity index (χ4n) is 1.27. The minimum Gasteiger partial charge on any atom is -0.357 e. The molecule has 0 aromatic heterocycles. The van der Waals surface area contributed by atoms with Crippen LogP contribution in [0.5, 0.6) is 0 Å². The largest absolute Gasteiger partial charge is 0.357 e. The SMILES string of the molecule is CNC(=O)[C@H](C(C)C)N(C)C(C)=O. The van der Waals surface area contributed by atoms with E-state index in [2.05, 4.69) is 5.32 Å². The van der Waals surface area contributed by atoms with Crippen LogP contribution in [0.25, 0.3) is 0 Å². The van der Waals surface area contributed by atoms with Crippen molar-refractivity contribution in [2.75, 3.05) is 14.1 Å². The van der Waals surface area contributed by atoms with Gasteiger partial charge < -0.3 is 10.2 Å². The number of rotatable bonds is 3. The highest BCUT2D eigenvalue weighted by Gasteiger charge is 2.26. The molecule has 0 aliphatic heterocycles. The Morgan fingerprint density at radius 3 is 2.00 bits per heavy atom. The van der Waals surface area contributed by atoms with Crippen molar-refractivity contribution < 1.29 is 9.59 Å². The summed E-state index contributed by atoms with van der Waals surface area (Å²) in [5.74, 6) is -0.0937. The van der Waals surface area contributed by atoms with Gasteiger partial charge >= 0.3 is 0 Å². The zero-order valence-electron chi connectivity index (χ0n) is 8.92. The number of amides is 2. The van der Waals surface area contributed by atoms with Gasteiger partial charge in [-0.3, -0.25) is 9.59 Å². The Kier molecular flexibility index (Phi) is 4.45. The number of carbonyl (C=O) groups is 2. The lowest BCUT2D eigenvalue weighted by Gasteiger charge is -2.28. The molecule has 0 saturated carbocycles. The summed E-state index contributed by atoms with van der Waals surface area (Å²) >= 11 is 0. The molecule has 0 spiro atoms. The standard InChI is InChI=1S/C9H18N2O2/c1-6(2)8(9(13)10-4)11(5)7(3)12/h6,8H,1-5H3,(H,10,13)/t8-/m0/s1. The van der Waals surface area contributed by atoms with Gasteiger partial charge in [0.25, 0.3) is 0 Å². The number of likely N-dealkylation sites (N-methyl/N-ethyl adjacent to an activating group) is 2. The molecule has 0 saturated heterocycles. The summed E-state index contributed by atoms with van der Waals surface area (Å²) in [6, 6.07) is -0.373. The summed E-state index contributed by atoms with van der Waals surface area (Å²) in [5.41, 5.74) is 0. The predicted molar refractivity (Wildman–Crippen MR) is 51.1 cm³/mol. The maximum absolute atomic E-state index is 11.4. The predicted octanol–water partition coefficient (Wildman–Crippen LogP) is 0.235. The van der Waals surface area contributed by atoms with Crippen molar-refractivity contribution >= 4 is 11.8 Å². The highest BCUT2D eigenvalue weighted by Crippen LogP contribution is 2.09. The van der Waals surface area contributed by atoms with Crippen LogP contribution < -0.4 is 5.32 Å². The molecule has 4 nitrogen and oxygen atoms in total. The van der Waals surface area contributed by atoms with Crippen molar-refractivity contribution in [2.24, 2.45) is 5.92 Å². The molecular weight excluding hydrogens is 168 g/mol. The van der Waals surface area contributed by atoms with Crippen molar-refractivity contribution in [3.8, 4) is 0 Å². The molecule has 0 radical (unpaired) electrons. The van der Waals surface area contributed by atoms with E-state index in [0.717, 1.165) is 0 Å². The summed E-state index contributed by atoms with van der Waals surface area (Å²) in [5, 5.41) is 2.55. The van der Waals surface area contributed by atoms with Gasteiger partial charge in [-0.1, -0.05) is 13.8 Å². The highest BCUT2D eigenvalue weighted by atomic mass is 16.2. The van der Waals surface area contributed by atoms with Crippen LogP contribution in [-0.4, -0.2) is 36.9 Å². The van der Waals surface area contributed by atoms with Crippen LogP contribution in [0, 0.1) is 5.92 Å². The monoisotopic (exact) mass is 186 g/mol. The van der Waals surface area contributed by atoms with E-state index >= 15 is 0 Å². The fraction of sp³-hybridized carbons (Fsp3) is 0.778. The van der Waals surface area contributed by atoms with Gasteiger partial charge in [-0.2, -0.15) is 0 Å². The molecule has 0 rings (SSSR count). The average molecular weight is 186 g/mol. The minimum absolute atomic E-state index is 0.0951. The summed E-state index contributed by atoms with van der Waals surface area (Å²) in [7, 11) is 3.22. The number of carbonyl (C=O) groups excluding carboxylic acids is 2. The summed E-state index contributed by atoms with van der Waals surface area (Å²) < 4.78 is 0. The Labute approximate surface area is 79.3 Å². The summed E-state index contributed by atoms with van der Waals surface area (Å²) in [4.78, 5) is 23.9.